The molecule has 2 amide bonds. The molecule has 3 rings (SSSR count). The minimum Gasteiger partial charge on any atom is -0.496 e. The number of hydrogen-bond donors (Lipinski definition) is 2. The second kappa shape index (κ2) is 10.8. The van der Waals surface area contributed by atoms with Gasteiger partial charge in [0.25, 0.3) is 0 Å². The van der Waals surface area contributed by atoms with Crippen LogP contribution in [0.4, 0.5) is 5.69 Å². The summed E-state index contributed by atoms with van der Waals surface area (Å²) in [6.45, 7) is 2.62. The van der Waals surface area contributed by atoms with E-state index in [1.165, 1.54) is 0 Å². The Hall–Kier alpha value is -3.06. The number of nitrogens with one attached hydrogen (secondary N) is 2. The maximum atomic E-state index is 12.4. The van der Waals surface area contributed by atoms with Gasteiger partial charge >= 0.3 is 11.8 Å². The molecule has 1 heterocycles. The third-order valence-electron chi connectivity index (χ3n) is 5.67. The van der Waals surface area contributed by atoms with Gasteiger partial charge in [-0.15, -0.1) is 0 Å². The van der Waals surface area contributed by atoms with Gasteiger partial charge in [-0.1, -0.05) is 30.3 Å². The van der Waals surface area contributed by atoms with Crippen LogP contribution in [0.3, 0.4) is 0 Å². The van der Waals surface area contributed by atoms with Crippen LogP contribution in [-0.4, -0.2) is 57.6 Å². The molecule has 1 fully saturated rings. The van der Waals surface area contributed by atoms with Crippen molar-refractivity contribution in [3.63, 3.8) is 0 Å². The minimum absolute atomic E-state index is 0.0460. The van der Waals surface area contributed by atoms with Gasteiger partial charge in [0.1, 0.15) is 5.75 Å². The van der Waals surface area contributed by atoms with E-state index >= 15 is 0 Å². The number of rotatable bonds is 8. The first-order valence-electron chi connectivity index (χ1n) is 10.7. The van der Waals surface area contributed by atoms with Gasteiger partial charge in [0.05, 0.1) is 13.2 Å². The molecule has 1 aliphatic heterocycles. The lowest BCUT2D eigenvalue weighted by molar-refractivity contribution is -0.139. The normalized spacial score (nSPS) is 14.7. The Kier molecular flexibility index (Phi) is 7.89. The van der Waals surface area contributed by atoms with Gasteiger partial charge in [0.15, 0.2) is 0 Å². The second-order valence-electron chi connectivity index (χ2n) is 7.95. The van der Waals surface area contributed by atoms with Crippen molar-refractivity contribution in [3.05, 3.63) is 59.7 Å². The lowest BCUT2D eigenvalue weighted by atomic mass is 10.0. The number of anilines is 1. The first kappa shape index (κ1) is 22.6. The highest BCUT2D eigenvalue weighted by molar-refractivity contribution is 6.35. The molecule has 0 aliphatic carbocycles. The predicted molar refractivity (Wildman–Crippen MR) is 122 cm³/mol. The average Bonchev–Trinajstić information content (AvgIpc) is 3.32. The third kappa shape index (κ3) is 5.98. The van der Waals surface area contributed by atoms with Crippen molar-refractivity contribution in [1.29, 1.82) is 0 Å². The lowest BCUT2D eigenvalue weighted by Crippen LogP contribution is -2.43. The number of nitrogens with zero attached hydrogens (tertiary/aromatic N) is 2. The van der Waals surface area contributed by atoms with Crippen molar-refractivity contribution in [1.82, 2.24) is 15.5 Å². The first-order valence-corrected chi connectivity index (χ1v) is 10.7. The Bertz CT molecular complexity index is 877. The molecule has 2 N–H and O–H groups in total. The maximum absolute atomic E-state index is 12.4. The fourth-order valence-electron chi connectivity index (χ4n) is 3.88. The standard InChI is InChI=1S/C24H32N4O3/c1-27(2)20-12-10-18(11-13-20)21(28-14-6-7-15-28)17-26-24(30)23(29)25-16-19-8-4-5-9-22(19)31-3/h4-5,8-13,21H,6-7,14-17H2,1-3H3,(H,25,29)(H,26,30). The molecule has 0 saturated carbocycles. The van der Waals surface area contributed by atoms with Crippen LogP contribution in [-0.2, 0) is 16.1 Å². The van der Waals surface area contributed by atoms with Crippen LogP contribution in [0.5, 0.6) is 5.75 Å². The van der Waals surface area contributed by atoms with E-state index in [9.17, 15) is 9.59 Å². The van der Waals surface area contributed by atoms with E-state index < -0.39 is 11.8 Å². The van der Waals surface area contributed by atoms with E-state index in [2.05, 4.69) is 44.7 Å². The molecule has 166 valence electrons. The van der Waals surface area contributed by atoms with E-state index in [0.717, 1.165) is 42.7 Å². The molecule has 1 saturated heterocycles. The predicted octanol–water partition coefficient (Wildman–Crippen LogP) is 2.33. The summed E-state index contributed by atoms with van der Waals surface area (Å²) in [6.07, 6.45) is 2.30. The Labute approximate surface area is 184 Å². The molecule has 1 atom stereocenters. The molecular weight excluding hydrogens is 392 g/mol. The van der Waals surface area contributed by atoms with Crippen molar-refractivity contribution in [2.75, 3.05) is 45.7 Å². The summed E-state index contributed by atoms with van der Waals surface area (Å²) < 4.78 is 5.29. The lowest BCUT2D eigenvalue weighted by Gasteiger charge is -2.28. The monoisotopic (exact) mass is 424 g/mol. The average molecular weight is 425 g/mol. The zero-order valence-electron chi connectivity index (χ0n) is 18.6. The molecule has 7 nitrogen and oxygen atoms in total. The third-order valence-corrected chi connectivity index (χ3v) is 5.67. The molecule has 2 aromatic carbocycles. The molecule has 1 aliphatic rings. The Balaban J connectivity index is 1.59. The number of ether oxygens (including phenoxy) is 1. The summed E-state index contributed by atoms with van der Waals surface area (Å²) in [6, 6.07) is 15.8. The number of carbonyl (C=O) groups excluding carboxylic acids is 2. The number of likely N-dealkylation sites (tertiary alicyclic amines) is 1. The number of benzene rings is 2. The summed E-state index contributed by atoms with van der Waals surface area (Å²) in [4.78, 5) is 29.2. The number of amides is 2. The molecule has 1 unspecified atom stereocenters. The van der Waals surface area contributed by atoms with Gasteiger partial charge in [-0.3, -0.25) is 14.5 Å². The molecule has 0 radical (unpaired) electrons. The number of carbonyl (C=O) groups is 2. The second-order valence-corrected chi connectivity index (χ2v) is 7.95. The smallest absolute Gasteiger partial charge is 0.309 e. The highest BCUT2D eigenvalue weighted by Crippen LogP contribution is 2.26. The quantitative estimate of drug-likeness (QED) is 0.637. The zero-order chi connectivity index (χ0) is 22.2. The van der Waals surface area contributed by atoms with Crippen LogP contribution in [0.15, 0.2) is 48.5 Å². The van der Waals surface area contributed by atoms with Gasteiger partial charge < -0.3 is 20.3 Å². The molecule has 7 heteroatoms. The van der Waals surface area contributed by atoms with E-state index in [-0.39, 0.29) is 12.6 Å². The van der Waals surface area contributed by atoms with Crippen molar-refractivity contribution in [3.8, 4) is 5.75 Å². The molecule has 2 aromatic rings. The molecular formula is C24H32N4O3. The van der Waals surface area contributed by atoms with Crippen molar-refractivity contribution < 1.29 is 14.3 Å². The van der Waals surface area contributed by atoms with Gasteiger partial charge in [-0.2, -0.15) is 0 Å². The maximum Gasteiger partial charge on any atom is 0.309 e. The summed E-state index contributed by atoms with van der Waals surface area (Å²) in [5.41, 5.74) is 3.09. The number of methoxy groups -OCH3 is 1. The zero-order valence-corrected chi connectivity index (χ0v) is 18.6. The fraction of sp³-hybridized carbons (Fsp3) is 0.417. The van der Waals surface area contributed by atoms with Gasteiger partial charge in [-0.25, -0.2) is 0 Å². The number of para-hydroxylation sites is 1. The number of hydrogen-bond acceptors (Lipinski definition) is 5. The van der Waals surface area contributed by atoms with Crippen LogP contribution in [0.25, 0.3) is 0 Å². The SMILES string of the molecule is COc1ccccc1CNC(=O)C(=O)NCC(c1ccc(N(C)C)cc1)N1CCCC1. The van der Waals surface area contributed by atoms with E-state index in [1.807, 2.05) is 38.4 Å². The summed E-state index contributed by atoms with van der Waals surface area (Å²) >= 11 is 0. The Morgan fingerprint density at radius 2 is 1.65 bits per heavy atom. The topological polar surface area (TPSA) is 73.9 Å². The summed E-state index contributed by atoms with van der Waals surface area (Å²) in [5.74, 6) is -0.587. The summed E-state index contributed by atoms with van der Waals surface area (Å²) in [5, 5.41) is 5.50. The van der Waals surface area contributed by atoms with Crippen LogP contribution < -0.4 is 20.3 Å². The van der Waals surface area contributed by atoms with Crippen LogP contribution in [0, 0.1) is 0 Å². The van der Waals surface area contributed by atoms with Gasteiger partial charge in [0, 0.05) is 38.4 Å². The van der Waals surface area contributed by atoms with Crippen molar-refractivity contribution in [2.24, 2.45) is 0 Å². The molecule has 0 aromatic heterocycles. The Morgan fingerprint density at radius 3 is 2.29 bits per heavy atom. The highest BCUT2D eigenvalue weighted by atomic mass is 16.5. The highest BCUT2D eigenvalue weighted by Gasteiger charge is 2.25. The first-order chi connectivity index (χ1) is 15.0. The molecule has 0 spiro atoms. The van der Waals surface area contributed by atoms with Crippen LogP contribution in [0.2, 0.25) is 0 Å². The Morgan fingerprint density at radius 1 is 1.00 bits per heavy atom. The van der Waals surface area contributed by atoms with E-state index in [1.54, 1.807) is 7.11 Å². The van der Waals surface area contributed by atoms with Crippen molar-refractivity contribution >= 4 is 17.5 Å². The summed E-state index contributed by atoms with van der Waals surface area (Å²) in [7, 11) is 5.60. The van der Waals surface area contributed by atoms with E-state index in [4.69, 9.17) is 4.74 Å². The fourth-order valence-corrected chi connectivity index (χ4v) is 3.88. The molecule has 0 bridgehead atoms. The van der Waals surface area contributed by atoms with Gasteiger partial charge in [-0.05, 0) is 49.7 Å². The van der Waals surface area contributed by atoms with Gasteiger partial charge in [0.2, 0.25) is 0 Å². The minimum atomic E-state index is -0.644. The van der Waals surface area contributed by atoms with Crippen LogP contribution >= 0.6 is 0 Å². The van der Waals surface area contributed by atoms with Crippen LogP contribution in [0.1, 0.15) is 30.0 Å². The largest absolute Gasteiger partial charge is 0.496 e. The molecule has 31 heavy (non-hydrogen) atoms. The van der Waals surface area contributed by atoms with E-state index in [0.29, 0.717) is 12.3 Å². The van der Waals surface area contributed by atoms with Crippen molar-refractivity contribution in [2.45, 2.75) is 25.4 Å².